The number of pyridine rings is 1. The van der Waals surface area contributed by atoms with Gasteiger partial charge in [-0.15, -0.1) is 16.4 Å². The van der Waals surface area contributed by atoms with Crippen LogP contribution in [0.2, 0.25) is 4.34 Å². The highest BCUT2D eigenvalue weighted by atomic mass is 35.5. The quantitative estimate of drug-likeness (QED) is 0.292. The molecule has 4 aromatic rings. The summed E-state index contributed by atoms with van der Waals surface area (Å²) in [5.74, 6) is 0.137. The molecule has 0 spiro atoms. The molecule has 0 fully saturated rings. The number of nitrogens with one attached hydrogen (secondary N) is 2. The molecular formula is C22H20ClN7O4S. The number of urea groups is 1. The molecule has 0 saturated carbocycles. The van der Waals surface area contributed by atoms with E-state index >= 15 is 0 Å². The number of nitrogens with two attached hydrogens (primary N) is 1. The number of halogens is 1. The molecule has 1 aromatic carbocycles. The van der Waals surface area contributed by atoms with E-state index in [9.17, 15) is 14.4 Å². The number of ether oxygens (including phenoxy) is 1. The van der Waals surface area contributed by atoms with Crippen LogP contribution in [0.5, 0.6) is 5.75 Å². The van der Waals surface area contributed by atoms with Gasteiger partial charge in [0.1, 0.15) is 23.7 Å². The number of aromatic nitrogens is 4. The van der Waals surface area contributed by atoms with Gasteiger partial charge in [-0.05, 0) is 30.3 Å². The van der Waals surface area contributed by atoms with Gasteiger partial charge in [0, 0.05) is 18.3 Å². The van der Waals surface area contributed by atoms with Crippen LogP contribution < -0.4 is 26.7 Å². The Morgan fingerprint density at radius 3 is 2.74 bits per heavy atom. The fraction of sp³-hybridized carbons (Fsp3) is 0.136. The van der Waals surface area contributed by atoms with E-state index in [0.29, 0.717) is 32.0 Å². The minimum atomic E-state index is -0.661. The molecule has 0 aliphatic rings. The molecular weight excluding hydrogens is 494 g/mol. The molecule has 180 valence electrons. The van der Waals surface area contributed by atoms with Crippen LogP contribution in [0.1, 0.15) is 15.4 Å². The number of carbonyl (C=O) groups excluding carboxylic acids is 2. The average molecular weight is 514 g/mol. The van der Waals surface area contributed by atoms with Crippen LogP contribution >= 0.6 is 22.9 Å². The van der Waals surface area contributed by atoms with Crippen LogP contribution in [-0.4, -0.2) is 44.7 Å². The Morgan fingerprint density at radius 2 is 2.00 bits per heavy atom. The van der Waals surface area contributed by atoms with Gasteiger partial charge >= 0.3 is 6.03 Å². The predicted octanol–water partition coefficient (Wildman–Crippen LogP) is 2.11. The van der Waals surface area contributed by atoms with E-state index < -0.39 is 6.03 Å². The molecule has 4 N–H and O–H groups in total. The van der Waals surface area contributed by atoms with Crippen molar-refractivity contribution in [3.63, 3.8) is 0 Å². The molecule has 3 amide bonds. The summed E-state index contributed by atoms with van der Waals surface area (Å²) in [6.45, 7) is 0.473. The smallest absolute Gasteiger partial charge is 0.312 e. The minimum absolute atomic E-state index is 0.129. The first-order chi connectivity index (χ1) is 16.9. The van der Waals surface area contributed by atoms with E-state index in [2.05, 4.69) is 20.9 Å². The molecule has 0 unspecified atom stereocenters. The Bertz CT molecular complexity index is 1410. The van der Waals surface area contributed by atoms with E-state index in [-0.39, 0.29) is 31.2 Å². The van der Waals surface area contributed by atoms with E-state index in [1.807, 2.05) is 0 Å². The third kappa shape index (κ3) is 6.05. The first kappa shape index (κ1) is 24.0. The monoisotopic (exact) mass is 513 g/mol. The summed E-state index contributed by atoms with van der Waals surface area (Å²) < 4.78 is 9.35. The summed E-state index contributed by atoms with van der Waals surface area (Å²) in [5.41, 5.74) is 6.55. The SMILES string of the molecule is NC(=O)NCCOc1cc(-n2ccccc2=O)ccc1-n1cc(CNC(=O)c2ccc(Cl)s2)nn1. The zero-order chi connectivity index (χ0) is 24.8. The van der Waals surface area contributed by atoms with Crippen LogP contribution in [-0.2, 0) is 6.54 Å². The third-order valence-electron chi connectivity index (χ3n) is 4.72. The zero-order valence-electron chi connectivity index (χ0n) is 18.2. The number of thiophene rings is 1. The molecule has 0 radical (unpaired) electrons. The number of amides is 3. The first-order valence-corrected chi connectivity index (χ1v) is 11.5. The molecule has 13 heteroatoms. The summed E-state index contributed by atoms with van der Waals surface area (Å²) in [6.07, 6.45) is 3.30. The van der Waals surface area contributed by atoms with Gasteiger partial charge in [0.05, 0.1) is 34.2 Å². The molecule has 4 rings (SSSR count). The molecule has 35 heavy (non-hydrogen) atoms. The van der Waals surface area contributed by atoms with Crippen molar-refractivity contribution in [1.29, 1.82) is 0 Å². The van der Waals surface area contributed by atoms with Crippen molar-refractivity contribution >= 4 is 34.9 Å². The largest absolute Gasteiger partial charge is 0.489 e. The second-order valence-electron chi connectivity index (χ2n) is 7.14. The highest BCUT2D eigenvalue weighted by molar-refractivity contribution is 7.17. The van der Waals surface area contributed by atoms with Crippen LogP contribution in [0.15, 0.2) is 65.7 Å². The van der Waals surface area contributed by atoms with E-state index in [1.165, 1.54) is 26.7 Å². The molecule has 11 nitrogen and oxygen atoms in total. The van der Waals surface area contributed by atoms with Gasteiger partial charge in [-0.2, -0.15) is 0 Å². The van der Waals surface area contributed by atoms with Crippen molar-refractivity contribution in [2.45, 2.75) is 6.54 Å². The normalized spacial score (nSPS) is 10.7. The highest BCUT2D eigenvalue weighted by Crippen LogP contribution is 2.26. The average Bonchev–Trinajstić information content (AvgIpc) is 3.49. The van der Waals surface area contributed by atoms with Gasteiger partial charge < -0.3 is 21.1 Å². The second-order valence-corrected chi connectivity index (χ2v) is 8.86. The first-order valence-electron chi connectivity index (χ1n) is 10.3. The fourth-order valence-electron chi connectivity index (χ4n) is 3.12. The van der Waals surface area contributed by atoms with Crippen molar-refractivity contribution in [1.82, 2.24) is 30.2 Å². The predicted molar refractivity (Wildman–Crippen MR) is 131 cm³/mol. The van der Waals surface area contributed by atoms with Crippen molar-refractivity contribution in [3.05, 3.63) is 86.2 Å². The Labute approximate surface area is 208 Å². The second kappa shape index (κ2) is 10.8. The standard InChI is InChI=1S/C22H20ClN7O4S/c23-19-7-6-18(35-19)21(32)26-12-14-13-30(28-27-14)16-5-4-15(29-9-2-1-3-20(29)31)11-17(16)34-10-8-25-22(24)33/h1-7,9,11,13H,8,10,12H2,(H,26,32)(H3,24,25,33). The number of primary amides is 1. The zero-order valence-corrected chi connectivity index (χ0v) is 19.8. The number of rotatable bonds is 9. The van der Waals surface area contributed by atoms with Gasteiger partial charge in [0.2, 0.25) is 0 Å². The topological polar surface area (TPSA) is 146 Å². The van der Waals surface area contributed by atoms with Gasteiger partial charge in [-0.25, -0.2) is 9.48 Å². The van der Waals surface area contributed by atoms with Gasteiger partial charge in [-0.1, -0.05) is 22.9 Å². The highest BCUT2D eigenvalue weighted by Gasteiger charge is 2.14. The van der Waals surface area contributed by atoms with Crippen molar-refractivity contribution in [3.8, 4) is 17.1 Å². The lowest BCUT2D eigenvalue weighted by Gasteiger charge is -2.14. The molecule has 0 saturated heterocycles. The van der Waals surface area contributed by atoms with Crippen LogP contribution in [0, 0.1) is 0 Å². The van der Waals surface area contributed by atoms with E-state index in [0.717, 1.165) is 0 Å². The van der Waals surface area contributed by atoms with E-state index in [4.69, 9.17) is 22.1 Å². The number of hydrogen-bond acceptors (Lipinski definition) is 7. The Hall–Kier alpha value is -4.16. The maximum Gasteiger partial charge on any atom is 0.312 e. The minimum Gasteiger partial charge on any atom is -0.489 e. The van der Waals surface area contributed by atoms with Crippen LogP contribution in [0.25, 0.3) is 11.4 Å². The summed E-state index contributed by atoms with van der Waals surface area (Å²) >= 11 is 7.07. The lowest BCUT2D eigenvalue weighted by Crippen LogP contribution is -2.32. The molecule has 0 aliphatic carbocycles. The maximum absolute atomic E-state index is 12.3. The number of nitrogens with zero attached hydrogens (tertiary/aromatic N) is 4. The third-order valence-corrected chi connectivity index (χ3v) is 5.95. The maximum atomic E-state index is 12.3. The number of hydrogen-bond donors (Lipinski definition) is 3. The van der Waals surface area contributed by atoms with Crippen molar-refractivity contribution in [2.24, 2.45) is 5.73 Å². The fourth-order valence-corrected chi connectivity index (χ4v) is 4.08. The van der Waals surface area contributed by atoms with Crippen LogP contribution in [0.4, 0.5) is 4.79 Å². The Morgan fingerprint density at radius 1 is 1.14 bits per heavy atom. The Balaban J connectivity index is 1.55. The lowest BCUT2D eigenvalue weighted by molar-refractivity contribution is 0.0954. The van der Waals surface area contributed by atoms with Gasteiger partial charge in [-0.3, -0.25) is 14.2 Å². The van der Waals surface area contributed by atoms with Crippen molar-refractivity contribution < 1.29 is 14.3 Å². The lowest BCUT2D eigenvalue weighted by atomic mass is 10.2. The molecule has 0 aliphatic heterocycles. The van der Waals surface area contributed by atoms with E-state index in [1.54, 1.807) is 54.9 Å². The number of benzene rings is 1. The molecule has 3 aromatic heterocycles. The summed E-state index contributed by atoms with van der Waals surface area (Å²) in [4.78, 5) is 35.9. The summed E-state index contributed by atoms with van der Waals surface area (Å²) in [7, 11) is 0. The molecule has 0 atom stereocenters. The number of carbonyl (C=O) groups is 2. The molecule has 0 bridgehead atoms. The van der Waals surface area contributed by atoms with Crippen molar-refractivity contribution in [2.75, 3.05) is 13.2 Å². The summed E-state index contributed by atoms with van der Waals surface area (Å²) in [5, 5.41) is 13.5. The Kier molecular flexibility index (Phi) is 7.43. The summed E-state index contributed by atoms with van der Waals surface area (Å²) in [6, 6.07) is 12.7. The van der Waals surface area contributed by atoms with Gasteiger partial charge in [0.15, 0.2) is 0 Å². The van der Waals surface area contributed by atoms with Gasteiger partial charge in [0.25, 0.3) is 11.5 Å². The van der Waals surface area contributed by atoms with Crippen LogP contribution in [0.3, 0.4) is 0 Å². The molecule has 3 heterocycles.